The molecule has 0 spiro atoms. The van der Waals surface area contributed by atoms with E-state index in [-0.39, 0.29) is 38.6 Å². The predicted octanol–water partition coefficient (Wildman–Crippen LogP) is 4.74. The Labute approximate surface area is 236 Å². The minimum atomic E-state index is -4.21. The minimum absolute atomic E-state index is 0.0712. The van der Waals surface area contributed by atoms with Gasteiger partial charge in [-0.15, -0.1) is 0 Å². The summed E-state index contributed by atoms with van der Waals surface area (Å²) in [5, 5.41) is 8.85. The van der Waals surface area contributed by atoms with E-state index < -0.39 is 32.4 Å². The van der Waals surface area contributed by atoms with Gasteiger partial charge in [0, 0.05) is 24.3 Å². The van der Waals surface area contributed by atoms with Crippen molar-refractivity contribution in [1.29, 1.82) is 0 Å². The van der Waals surface area contributed by atoms with Gasteiger partial charge in [0.25, 0.3) is 20.2 Å². The number of hydrogen-bond acceptors (Lipinski definition) is 8. The molecular weight excluding hydrogens is 563 g/mol. The summed E-state index contributed by atoms with van der Waals surface area (Å²) in [6.45, 7) is 11.5. The molecule has 0 aliphatic heterocycles. The van der Waals surface area contributed by atoms with Crippen molar-refractivity contribution in [3.63, 3.8) is 0 Å². The van der Waals surface area contributed by atoms with E-state index in [1.807, 2.05) is 13.8 Å². The first-order valence-electron chi connectivity index (χ1n) is 12.2. The molecule has 0 saturated heterocycles. The molecule has 214 valence electrons. The van der Waals surface area contributed by atoms with Gasteiger partial charge in [-0.3, -0.25) is 13.2 Å². The largest absolute Gasteiger partial charge is 0.360 e. The van der Waals surface area contributed by atoms with Gasteiger partial charge in [0.05, 0.1) is 12.2 Å². The molecule has 0 bridgehead atoms. The minimum Gasteiger partial charge on any atom is -0.360 e. The fourth-order valence-corrected chi connectivity index (χ4v) is 6.32. The van der Waals surface area contributed by atoms with Crippen molar-refractivity contribution in [2.45, 2.75) is 76.5 Å². The van der Waals surface area contributed by atoms with Crippen molar-refractivity contribution in [3.8, 4) is 0 Å². The maximum Gasteiger partial charge on any atom is 0.297 e. The lowest BCUT2D eigenvalue weighted by atomic mass is 10.1. The van der Waals surface area contributed by atoms with Gasteiger partial charge in [-0.2, -0.15) is 16.8 Å². The third kappa shape index (κ3) is 10.0. The lowest BCUT2D eigenvalue weighted by Crippen LogP contribution is -2.33. The molecule has 0 fully saturated rings. The number of rotatable bonds is 11. The van der Waals surface area contributed by atoms with E-state index in [0.29, 0.717) is 10.8 Å². The Morgan fingerprint density at radius 1 is 0.769 bits per heavy atom. The van der Waals surface area contributed by atoms with Crippen molar-refractivity contribution in [3.05, 3.63) is 47.5 Å². The van der Waals surface area contributed by atoms with Crippen LogP contribution < -0.4 is 16.0 Å². The van der Waals surface area contributed by atoms with Gasteiger partial charge in [-0.25, -0.2) is 0 Å². The van der Waals surface area contributed by atoms with Crippen molar-refractivity contribution in [2.24, 2.45) is 0 Å². The summed E-state index contributed by atoms with van der Waals surface area (Å²) in [6.07, 6.45) is 1.68. The first-order valence-corrected chi connectivity index (χ1v) is 15.4. The van der Waals surface area contributed by atoms with Crippen LogP contribution in [0, 0.1) is 0 Å². The van der Waals surface area contributed by atoms with Crippen LogP contribution in [0.4, 0.5) is 11.4 Å². The molecule has 0 saturated carbocycles. The highest BCUT2D eigenvalue weighted by Crippen LogP contribution is 2.29. The molecule has 39 heavy (non-hydrogen) atoms. The summed E-state index contributed by atoms with van der Waals surface area (Å²) in [5.41, 5.74) is 1.16. The lowest BCUT2D eigenvalue weighted by Gasteiger charge is -2.16. The summed E-state index contributed by atoms with van der Waals surface area (Å²) < 4.78 is 62.5. The Hall–Kier alpha value is -2.84. The van der Waals surface area contributed by atoms with Gasteiger partial charge in [0.2, 0.25) is 5.91 Å². The molecule has 1 amide bonds. The number of benzene rings is 2. The molecule has 0 radical (unpaired) electrons. The molecule has 10 nitrogen and oxygen atoms in total. The third-order valence-corrected chi connectivity index (χ3v) is 7.93. The highest BCUT2D eigenvalue weighted by Gasteiger charge is 2.23. The lowest BCUT2D eigenvalue weighted by molar-refractivity contribution is -0.114. The van der Waals surface area contributed by atoms with Gasteiger partial charge in [-0.1, -0.05) is 24.3 Å². The van der Waals surface area contributed by atoms with Crippen LogP contribution in [0.1, 0.15) is 59.6 Å². The Balaban J connectivity index is 2.63. The van der Waals surface area contributed by atoms with E-state index in [0.717, 1.165) is 0 Å². The van der Waals surface area contributed by atoms with Gasteiger partial charge in [0.15, 0.2) is 5.11 Å². The Kier molecular flexibility index (Phi) is 11.2. The average Bonchev–Trinajstić information content (AvgIpc) is 2.76. The van der Waals surface area contributed by atoms with E-state index in [4.69, 9.17) is 20.6 Å². The van der Waals surface area contributed by atoms with Gasteiger partial charge in [0.1, 0.15) is 9.79 Å². The van der Waals surface area contributed by atoms with Crippen LogP contribution in [0.3, 0.4) is 0 Å². The fourth-order valence-electron chi connectivity index (χ4n) is 3.36. The van der Waals surface area contributed by atoms with Gasteiger partial charge in [-0.05, 0) is 89.2 Å². The van der Waals surface area contributed by atoms with Crippen molar-refractivity contribution in [2.75, 3.05) is 10.6 Å². The van der Waals surface area contributed by atoms with Gasteiger partial charge < -0.3 is 16.0 Å². The molecule has 0 heterocycles. The van der Waals surface area contributed by atoms with Crippen LogP contribution in [-0.2, 0) is 33.4 Å². The highest BCUT2D eigenvalue weighted by atomic mass is 32.2. The van der Waals surface area contributed by atoms with Crippen LogP contribution in [0.2, 0.25) is 0 Å². The first-order chi connectivity index (χ1) is 18.0. The van der Waals surface area contributed by atoms with Crippen LogP contribution >= 0.6 is 12.2 Å². The second-order valence-corrected chi connectivity index (χ2v) is 13.0. The molecule has 2 aromatic rings. The average molecular weight is 598 g/mol. The quantitative estimate of drug-likeness (QED) is 0.189. The third-order valence-electron chi connectivity index (χ3n) is 4.64. The normalized spacial score (nSPS) is 12.4. The fraction of sp³-hybridized carbons (Fsp3) is 0.385. The molecule has 0 atom stereocenters. The van der Waals surface area contributed by atoms with Crippen molar-refractivity contribution < 1.29 is 30.0 Å². The number of hydrogen-bond donors (Lipinski definition) is 3. The number of carbonyl (C=O) groups is 1. The summed E-state index contributed by atoms with van der Waals surface area (Å²) >= 11 is 5.27. The van der Waals surface area contributed by atoms with Gasteiger partial charge >= 0.3 is 0 Å². The molecule has 3 N–H and O–H groups in total. The zero-order valence-corrected chi connectivity index (χ0v) is 25.4. The molecule has 2 rings (SSSR count). The molecule has 2 aromatic carbocycles. The molecule has 13 heteroatoms. The Bertz CT molecular complexity index is 1450. The molecule has 0 unspecified atom stereocenters. The maximum atomic E-state index is 13.1. The zero-order valence-electron chi connectivity index (χ0n) is 22.9. The number of thiocarbonyl (C=S) groups is 1. The maximum absolute atomic E-state index is 13.1. The van der Waals surface area contributed by atoms with E-state index >= 15 is 0 Å². The number of carbonyl (C=O) groups excluding carboxylic acids is 1. The summed E-state index contributed by atoms with van der Waals surface area (Å²) in [6, 6.07) is 8.97. The number of nitrogens with one attached hydrogen (secondary N) is 3. The highest BCUT2D eigenvalue weighted by molar-refractivity contribution is 7.87. The number of amides is 1. The second-order valence-electron chi connectivity index (χ2n) is 9.47. The van der Waals surface area contributed by atoms with Crippen molar-refractivity contribution in [1.82, 2.24) is 5.32 Å². The van der Waals surface area contributed by atoms with E-state index in [1.165, 1.54) is 43.3 Å². The first kappa shape index (κ1) is 32.4. The smallest absolute Gasteiger partial charge is 0.297 e. The zero-order chi connectivity index (χ0) is 29.5. The Morgan fingerprint density at radius 2 is 1.18 bits per heavy atom. The van der Waals surface area contributed by atoms with Crippen LogP contribution in [-0.4, -0.2) is 46.1 Å². The SMILES string of the molecule is CC(=O)Nc1ccc(C=Cc2ccc(NC(=S)NC(C)C)cc2S(=O)(=O)OC(C)C)c(S(=O)(=O)OC(C)C)c1. The molecule has 0 aliphatic rings. The van der Waals surface area contributed by atoms with Crippen LogP contribution in [0.15, 0.2) is 46.2 Å². The Morgan fingerprint density at radius 3 is 1.54 bits per heavy atom. The van der Waals surface area contributed by atoms with Crippen LogP contribution in [0.25, 0.3) is 12.2 Å². The predicted molar refractivity (Wildman–Crippen MR) is 157 cm³/mol. The van der Waals surface area contributed by atoms with Crippen LogP contribution in [0.5, 0.6) is 0 Å². The van der Waals surface area contributed by atoms with E-state index in [9.17, 15) is 21.6 Å². The topological polar surface area (TPSA) is 140 Å². The monoisotopic (exact) mass is 597 g/mol. The summed E-state index contributed by atoms with van der Waals surface area (Å²) in [5.74, 6) is -0.372. The van der Waals surface area contributed by atoms with E-state index in [2.05, 4.69) is 16.0 Å². The molecular formula is C26H35N3O7S3. The molecule has 0 aromatic heterocycles. The summed E-state index contributed by atoms with van der Waals surface area (Å²) in [7, 11) is -8.41. The van der Waals surface area contributed by atoms with E-state index in [1.54, 1.807) is 39.8 Å². The second kappa shape index (κ2) is 13.5. The summed E-state index contributed by atoms with van der Waals surface area (Å²) in [4.78, 5) is 11.2. The molecule has 0 aliphatic carbocycles. The number of anilines is 2. The standard InChI is InChI=1S/C26H35N3O7S3/c1-16(2)27-26(37)29-23-13-11-21(25(15-23)39(33,34)36-18(5)6)9-8-20-10-12-22(28-19(7)30)14-24(20)38(31,32)35-17(3)4/h8-18H,1-7H3,(H,28,30)(H2,27,29,37). The van der Waals surface area contributed by atoms with Crippen molar-refractivity contribution >= 4 is 67.0 Å².